The highest BCUT2D eigenvalue weighted by atomic mass is 16.3. The van der Waals surface area contributed by atoms with Crippen LogP contribution in [0.3, 0.4) is 0 Å². The van der Waals surface area contributed by atoms with E-state index >= 15 is 0 Å². The lowest BCUT2D eigenvalue weighted by Crippen LogP contribution is -2.20. The maximum absolute atomic E-state index is 12.0. The van der Waals surface area contributed by atoms with Crippen molar-refractivity contribution in [3.63, 3.8) is 0 Å². The van der Waals surface area contributed by atoms with E-state index in [1.165, 1.54) is 16.3 Å². The number of hydrogen-bond acceptors (Lipinski definition) is 3. The van der Waals surface area contributed by atoms with Crippen molar-refractivity contribution in [3.8, 4) is 39.4 Å². The van der Waals surface area contributed by atoms with Gasteiger partial charge in [-0.25, -0.2) is 0 Å². The summed E-state index contributed by atoms with van der Waals surface area (Å²) < 4.78 is 2.24. The molecule has 0 saturated heterocycles. The number of allylic oxidation sites excluding steroid dienone is 5. The highest BCUT2D eigenvalue weighted by Crippen LogP contribution is 2.44. The Kier molecular flexibility index (Phi) is 9.44. The summed E-state index contributed by atoms with van der Waals surface area (Å²) in [6.07, 6.45) is 10.6. The van der Waals surface area contributed by atoms with E-state index in [1.807, 2.05) is 62.5 Å². The zero-order valence-electron chi connectivity index (χ0n) is 30.1. The number of fused-ring (bicyclic) bond motifs is 3. The Hall–Kier alpha value is -6.98. The fourth-order valence-electron chi connectivity index (χ4n) is 7.33. The molecule has 0 spiro atoms. The van der Waals surface area contributed by atoms with Crippen molar-refractivity contribution < 1.29 is 10.2 Å². The third-order valence-corrected chi connectivity index (χ3v) is 9.99. The first kappa shape index (κ1) is 34.1. The molecule has 4 nitrogen and oxygen atoms in total. The molecule has 0 radical (unpaired) electrons. The van der Waals surface area contributed by atoms with Gasteiger partial charge in [0.25, 0.3) is 0 Å². The van der Waals surface area contributed by atoms with Gasteiger partial charge in [-0.3, -0.25) is 0 Å². The number of phenolic OH excluding ortho intramolecular Hbond substituents is 2. The number of para-hydroxylation sites is 2. The van der Waals surface area contributed by atoms with Gasteiger partial charge in [0.15, 0.2) is 0 Å². The lowest BCUT2D eigenvalue weighted by atomic mass is 9.87. The molecule has 54 heavy (non-hydrogen) atoms. The molecule has 0 aliphatic rings. The maximum atomic E-state index is 12.0. The van der Waals surface area contributed by atoms with E-state index in [1.54, 1.807) is 12.1 Å². The van der Waals surface area contributed by atoms with Crippen LogP contribution in [0.15, 0.2) is 195 Å². The Balaban J connectivity index is 1.21. The highest BCUT2D eigenvalue weighted by molar-refractivity contribution is 6.39. The quantitative estimate of drug-likeness (QED) is 0.110. The molecule has 0 bridgehead atoms. The summed E-state index contributed by atoms with van der Waals surface area (Å²) in [4.78, 5) is 2.09. The van der Waals surface area contributed by atoms with Crippen LogP contribution in [-0.4, -0.2) is 22.6 Å². The van der Waals surface area contributed by atoms with E-state index in [2.05, 4.69) is 137 Å². The van der Waals surface area contributed by atoms with Crippen molar-refractivity contribution in [2.45, 2.75) is 6.42 Å². The molecule has 8 aromatic rings. The molecule has 260 valence electrons. The summed E-state index contributed by atoms with van der Waals surface area (Å²) in [6.45, 7) is 3.72. The highest BCUT2D eigenvalue weighted by Gasteiger charge is 2.23. The minimum Gasteiger partial charge on any atom is -0.508 e. The molecular formula is C49H39BN2O2. The fraction of sp³-hybridized carbons (Fsp3) is 0.0204. The first-order valence-electron chi connectivity index (χ1n) is 18.1. The second kappa shape index (κ2) is 14.9. The Morgan fingerprint density at radius 3 is 1.85 bits per heavy atom. The number of phenols is 2. The zero-order chi connectivity index (χ0) is 37.0. The lowest BCUT2D eigenvalue weighted by molar-refractivity contribution is 0.457. The third-order valence-electron chi connectivity index (χ3n) is 9.99. The predicted molar refractivity (Wildman–Crippen MR) is 230 cm³/mol. The first-order chi connectivity index (χ1) is 26.5. The molecule has 5 heteroatoms. The van der Waals surface area contributed by atoms with E-state index in [9.17, 15) is 10.2 Å². The molecule has 7 aromatic carbocycles. The van der Waals surface area contributed by atoms with Gasteiger partial charge in [0.05, 0.1) is 16.6 Å². The van der Waals surface area contributed by atoms with Crippen molar-refractivity contribution in [2.75, 3.05) is 4.90 Å². The number of aromatic nitrogens is 1. The van der Waals surface area contributed by atoms with Gasteiger partial charge >= 0.3 is 0 Å². The van der Waals surface area contributed by atoms with Gasteiger partial charge in [-0.05, 0) is 82.7 Å². The zero-order valence-corrected chi connectivity index (χ0v) is 30.1. The molecule has 0 aliphatic carbocycles. The van der Waals surface area contributed by atoms with Crippen molar-refractivity contribution in [1.82, 2.24) is 4.57 Å². The van der Waals surface area contributed by atoms with Crippen LogP contribution in [0, 0.1) is 0 Å². The Bertz CT molecular complexity index is 2620. The Labute approximate surface area is 316 Å². The van der Waals surface area contributed by atoms with Crippen molar-refractivity contribution >= 4 is 52.2 Å². The minimum absolute atomic E-state index is 0.00675. The number of anilines is 3. The van der Waals surface area contributed by atoms with Crippen molar-refractivity contribution in [3.05, 3.63) is 200 Å². The predicted octanol–water partition coefficient (Wildman–Crippen LogP) is 11.1. The first-order valence-corrected chi connectivity index (χ1v) is 18.1. The summed E-state index contributed by atoms with van der Waals surface area (Å²) >= 11 is 0. The third kappa shape index (κ3) is 6.48. The molecule has 1 aromatic heterocycles. The van der Waals surface area contributed by atoms with Crippen molar-refractivity contribution in [2.24, 2.45) is 0 Å². The molecule has 0 saturated carbocycles. The Morgan fingerprint density at radius 1 is 0.593 bits per heavy atom. The van der Waals surface area contributed by atoms with Gasteiger partial charge in [0.2, 0.25) is 0 Å². The number of benzene rings is 7. The van der Waals surface area contributed by atoms with Gasteiger partial charge in [0, 0.05) is 39.6 Å². The maximum Gasteiger partial charge on any atom is 0.147 e. The molecule has 0 unspecified atom stereocenters. The van der Waals surface area contributed by atoms with Crippen LogP contribution in [-0.2, 0) is 6.42 Å². The molecule has 0 atom stereocenters. The normalized spacial score (nSPS) is 11.6. The van der Waals surface area contributed by atoms with Gasteiger partial charge in [-0.15, -0.1) is 0 Å². The van der Waals surface area contributed by atoms with Crippen LogP contribution in [0.5, 0.6) is 11.5 Å². The number of aromatic hydroxyl groups is 2. The minimum atomic E-state index is -0.00675. The van der Waals surface area contributed by atoms with Crippen molar-refractivity contribution in [1.29, 1.82) is 0 Å². The molecule has 0 aliphatic heterocycles. The molecule has 0 amide bonds. The van der Waals surface area contributed by atoms with E-state index in [4.69, 9.17) is 0 Å². The fourth-order valence-corrected chi connectivity index (χ4v) is 7.33. The summed E-state index contributed by atoms with van der Waals surface area (Å²) in [6, 6.07) is 53.6. The standard InChI is InChI=1S/C49H39BN2O2/c1-2-3-4-5-7-15-34-24-28-38(29-25-34)51(39-30-26-36(27-31-39)35-16-8-6-9-17-35)45-33-46(53)47(49(54)48(45)50)37-18-14-19-40(32-37)52-43-22-12-10-20-41(43)42-21-11-13-23-44(42)52/h2-14,16-33,53-54H,1,15,50H2/b4-3-,7-5-. The summed E-state index contributed by atoms with van der Waals surface area (Å²) in [5.74, 6) is 0.0253. The largest absolute Gasteiger partial charge is 0.508 e. The topological polar surface area (TPSA) is 48.6 Å². The van der Waals surface area contributed by atoms with Crippen LogP contribution in [0.25, 0.3) is 49.7 Å². The number of nitrogens with zero attached hydrogens (tertiary/aromatic N) is 2. The average Bonchev–Trinajstić information content (AvgIpc) is 3.55. The van der Waals surface area contributed by atoms with Gasteiger partial charge < -0.3 is 19.7 Å². The summed E-state index contributed by atoms with van der Waals surface area (Å²) in [7, 11) is 1.91. The van der Waals surface area contributed by atoms with Crippen LogP contribution in [0.2, 0.25) is 0 Å². The van der Waals surface area contributed by atoms with Gasteiger partial charge in [-0.2, -0.15) is 0 Å². The molecule has 1 heterocycles. The molecule has 2 N–H and O–H groups in total. The SMILES string of the molecule is Bc1c(N(c2ccc(C/C=C\C=C/C=C)cc2)c2ccc(-c3ccccc3)cc2)cc(O)c(-c2cccc(-n3c4ccccc4c4ccccc43)c2)c1O. The molecule has 8 rings (SSSR count). The van der Waals surface area contributed by atoms with Crippen LogP contribution in [0.1, 0.15) is 5.56 Å². The second-order valence-corrected chi connectivity index (χ2v) is 13.4. The average molecular weight is 699 g/mol. The van der Waals surface area contributed by atoms with E-state index < -0.39 is 0 Å². The smallest absolute Gasteiger partial charge is 0.147 e. The lowest BCUT2D eigenvalue weighted by Gasteiger charge is -2.29. The van der Waals surface area contributed by atoms with E-state index in [0.29, 0.717) is 16.7 Å². The number of rotatable bonds is 10. The van der Waals surface area contributed by atoms with Crippen LogP contribution in [0.4, 0.5) is 17.1 Å². The summed E-state index contributed by atoms with van der Waals surface area (Å²) in [5, 5.41) is 26.2. The van der Waals surface area contributed by atoms with Crippen LogP contribution >= 0.6 is 0 Å². The molecule has 0 fully saturated rings. The molecular weight excluding hydrogens is 659 g/mol. The van der Waals surface area contributed by atoms with Gasteiger partial charge in [-0.1, -0.05) is 140 Å². The second-order valence-electron chi connectivity index (χ2n) is 13.4. The van der Waals surface area contributed by atoms with Crippen LogP contribution < -0.4 is 10.4 Å². The Morgan fingerprint density at radius 2 is 1.19 bits per heavy atom. The monoisotopic (exact) mass is 698 g/mol. The summed E-state index contributed by atoms with van der Waals surface area (Å²) in [5.41, 5.74) is 10.8. The van der Waals surface area contributed by atoms with E-state index in [-0.39, 0.29) is 11.5 Å². The van der Waals surface area contributed by atoms with E-state index in [0.717, 1.165) is 51.2 Å². The van der Waals surface area contributed by atoms with Gasteiger partial charge in [0.1, 0.15) is 19.3 Å². The number of hydrogen-bond donors (Lipinski definition) is 2.